The third-order valence-corrected chi connectivity index (χ3v) is 0. The van der Waals surface area contributed by atoms with Crippen LogP contribution in [0.5, 0.6) is 0 Å². The first-order valence-electron chi connectivity index (χ1n) is 0.954. The third kappa shape index (κ3) is 33000. The summed E-state index contributed by atoms with van der Waals surface area (Å²) in [6, 6.07) is 0. The minimum absolute atomic E-state index is 0. The number of nitrogens with two attached hydrogens (primary N) is 5. The van der Waals surface area contributed by atoms with Gasteiger partial charge in [0.25, 0.3) is 0 Å². The molecular formula is C2H15N5O2Ru+4. The zero-order chi connectivity index (χ0) is 3.58. The molecule has 8 heteroatoms. The van der Waals surface area contributed by atoms with Gasteiger partial charge in [0.2, 0.25) is 0 Å². The van der Waals surface area contributed by atoms with E-state index >= 15 is 0 Å². The van der Waals surface area contributed by atoms with Gasteiger partial charge < -0.3 is 35.9 Å². The van der Waals surface area contributed by atoms with Gasteiger partial charge in [0.05, 0.1) is 6.92 Å². The minimum Gasteiger partial charge on any atom is -0.693 e. The smallest absolute Gasteiger partial charge is 0.693 e. The molecule has 0 rings (SSSR count). The summed E-state index contributed by atoms with van der Waals surface area (Å²) in [6.45, 7) is 1.19. The summed E-state index contributed by atoms with van der Waals surface area (Å²) in [4.78, 5) is 9.11. The van der Waals surface area contributed by atoms with Crippen molar-refractivity contribution < 1.29 is 29.4 Å². The molecule has 0 saturated heterocycles. The van der Waals surface area contributed by atoms with Crippen LogP contribution in [0.15, 0.2) is 0 Å². The number of hydrogen-bond donors (Lipinski definition) is 0. The molecule has 64 valence electrons. The average Bonchev–Trinajstić information content (AvgIpc) is 0.811. The Morgan fingerprint density at radius 1 is 1.00 bits per heavy atom. The van der Waals surface area contributed by atoms with Crippen molar-refractivity contribution >= 4 is 5.97 Å². The van der Waals surface area contributed by atoms with Gasteiger partial charge in [-0.3, -0.25) is 0 Å². The van der Waals surface area contributed by atoms with Crippen molar-refractivity contribution in [2.24, 2.45) is 0 Å². The molecule has 0 unspecified atom stereocenters. The summed E-state index contributed by atoms with van der Waals surface area (Å²) in [7, 11) is 0. The minimum atomic E-state index is -0.583. The maximum absolute atomic E-state index is 9.11. The van der Waals surface area contributed by atoms with Crippen LogP contribution in [0.2, 0.25) is 0 Å². The van der Waals surface area contributed by atoms with Gasteiger partial charge in [-0.05, 0) is 0 Å². The second kappa shape index (κ2) is 66.2. The number of rotatable bonds is 0. The largest absolute Gasteiger partial charge is 8.00 e. The van der Waals surface area contributed by atoms with Gasteiger partial charge in [0.15, 0.2) is 0 Å². The van der Waals surface area contributed by atoms with E-state index in [-0.39, 0.29) is 50.2 Å². The normalized spacial score (nSPS) is 2.50. The van der Waals surface area contributed by atoms with E-state index in [1.807, 2.05) is 0 Å². The van der Waals surface area contributed by atoms with Crippen LogP contribution in [-0.4, -0.2) is 11.1 Å². The molecule has 0 atom stereocenters. The fourth-order valence-electron chi connectivity index (χ4n) is 0. The summed E-state index contributed by atoms with van der Waals surface area (Å²) in [5, 5.41) is 5.94. The summed E-state index contributed by atoms with van der Waals surface area (Å²) in [5.41, 5.74) is 0. The van der Waals surface area contributed by atoms with Crippen molar-refractivity contribution in [2.75, 3.05) is 0 Å². The van der Waals surface area contributed by atoms with Crippen LogP contribution in [0.4, 0.5) is 0 Å². The van der Waals surface area contributed by atoms with Crippen molar-refractivity contribution in [3.8, 4) is 0 Å². The summed E-state index contributed by atoms with van der Waals surface area (Å²) < 4.78 is 0. The number of carbonyl (C=O) groups excluding carboxylic acids is 1. The summed E-state index contributed by atoms with van der Waals surface area (Å²) in [6.07, 6.45) is 0. The molecule has 0 aliphatic carbocycles. The van der Waals surface area contributed by atoms with Gasteiger partial charge in [-0.1, -0.05) is 0 Å². The maximum Gasteiger partial charge on any atom is 8.00 e. The molecule has 10 heavy (non-hydrogen) atoms. The quantitative estimate of drug-likeness (QED) is 0.455. The fourth-order valence-corrected chi connectivity index (χ4v) is 0. The van der Waals surface area contributed by atoms with E-state index in [1.54, 1.807) is 0 Å². The van der Waals surface area contributed by atoms with Crippen molar-refractivity contribution in [1.29, 1.82) is 0 Å². The molecule has 0 saturated carbocycles. The van der Waals surface area contributed by atoms with Crippen LogP contribution in [0.3, 0.4) is 0 Å². The molecule has 12 N–H and O–H groups in total. The number of hydrogen-bond acceptors (Lipinski definition) is 1. The zero-order valence-corrected chi connectivity index (χ0v) is 7.39. The van der Waals surface area contributed by atoms with E-state index in [0.29, 0.717) is 0 Å². The molecule has 0 aliphatic rings. The Balaban J connectivity index is -0.00000000300. The van der Waals surface area contributed by atoms with E-state index in [0.717, 1.165) is 0 Å². The molecule has 0 bridgehead atoms. The Kier molecular flexibility index (Phi) is 619. The first-order chi connectivity index (χ1) is 1.73. The molecule has 0 heterocycles. The van der Waals surface area contributed by atoms with Gasteiger partial charge in [0, 0.05) is 4.79 Å². The molecule has 0 aromatic carbocycles. The van der Waals surface area contributed by atoms with Crippen molar-refractivity contribution in [2.45, 2.75) is 6.92 Å². The van der Waals surface area contributed by atoms with Crippen LogP contribution in [0.25, 0.3) is 30.8 Å². The van der Waals surface area contributed by atoms with E-state index in [9.17, 15) is 0 Å². The fraction of sp³-hybridized carbons (Fsp3) is 0.500. The average molecular weight is 242 g/mol. The topological polar surface area (TPSA) is 207 Å². The first kappa shape index (κ1) is 93.5. The molecular weight excluding hydrogens is 227 g/mol. The Morgan fingerprint density at radius 3 is 1.00 bits per heavy atom. The second-order valence-electron chi connectivity index (χ2n) is 0.556. The van der Waals surface area contributed by atoms with Crippen molar-refractivity contribution in [1.82, 2.24) is 0 Å². The van der Waals surface area contributed by atoms with Crippen LogP contribution < -0.4 is 0 Å². The standard InChI is InChI=1S/C2H4O2.5H2N.Ru/c1-2(3)4;;;;;;/h1H3,(H,3,4);5*1H2;/q;5*-1;+8/p+1. The summed E-state index contributed by atoms with van der Waals surface area (Å²) >= 11 is 0. The first-order valence-corrected chi connectivity index (χ1v) is 0.954. The van der Waals surface area contributed by atoms with Crippen molar-refractivity contribution in [3.63, 3.8) is 0 Å². The third-order valence-electron chi connectivity index (χ3n) is 0. The zero-order valence-electron chi connectivity index (χ0n) is 5.65. The summed E-state index contributed by atoms with van der Waals surface area (Å²) in [5.74, 6) is -0.583. The van der Waals surface area contributed by atoms with Gasteiger partial charge in [-0.2, -0.15) is 0 Å². The molecule has 0 radical (unpaired) electrons. The molecule has 0 aliphatic heterocycles. The predicted octanol–water partition coefficient (Wildman–Crippen LogP) is 2.84. The van der Waals surface area contributed by atoms with Crippen molar-refractivity contribution in [3.05, 3.63) is 30.8 Å². The van der Waals surface area contributed by atoms with E-state index in [4.69, 9.17) is 9.90 Å². The second-order valence-corrected chi connectivity index (χ2v) is 0.556. The van der Waals surface area contributed by atoms with Gasteiger partial charge in [0.1, 0.15) is 0 Å². The molecule has 0 spiro atoms. The SMILES string of the molecule is CC(=O)[OH2+].[NH2-].[NH2-].[NH2-].[NH2-].[NH2-].[Ru+8]. The predicted molar refractivity (Wildman–Crippen MR) is 40.7 cm³/mol. The molecule has 0 fully saturated rings. The molecule has 0 amide bonds. The van der Waals surface area contributed by atoms with Crippen LogP contribution in [-0.2, 0) is 24.3 Å². The van der Waals surface area contributed by atoms with E-state index < -0.39 is 5.97 Å². The van der Waals surface area contributed by atoms with Gasteiger partial charge in [-0.25, -0.2) is 0 Å². The van der Waals surface area contributed by atoms with Crippen LogP contribution in [0, 0.1) is 0 Å². The van der Waals surface area contributed by atoms with E-state index in [2.05, 4.69) is 0 Å². The van der Waals surface area contributed by atoms with Crippen LogP contribution >= 0.6 is 0 Å². The maximum atomic E-state index is 9.11. The van der Waals surface area contributed by atoms with Crippen LogP contribution in [0.1, 0.15) is 6.92 Å². The Morgan fingerprint density at radius 2 is 1.00 bits per heavy atom. The monoisotopic (exact) mass is 243 g/mol. The van der Waals surface area contributed by atoms with E-state index in [1.165, 1.54) is 6.92 Å². The number of carbonyl (C=O) groups is 1. The van der Waals surface area contributed by atoms with Gasteiger partial charge in [-0.15, -0.1) is 0 Å². The Bertz CT molecular complexity index is 40.6. The van der Waals surface area contributed by atoms with Gasteiger partial charge >= 0.3 is 25.4 Å². The Hall–Kier alpha value is -0.107. The Labute approximate surface area is 73.6 Å². The molecule has 0 aromatic heterocycles. The molecule has 7 nitrogen and oxygen atoms in total. The molecule has 0 aromatic rings.